The zero-order valence-electron chi connectivity index (χ0n) is 9.70. The van der Waals surface area contributed by atoms with Crippen LogP contribution in [0.3, 0.4) is 0 Å². The molecule has 1 unspecified atom stereocenters. The molecule has 102 valence electrons. The fourth-order valence-electron chi connectivity index (χ4n) is 1.15. The largest absolute Gasteiger partial charge is 0.344 e. The van der Waals surface area contributed by atoms with Crippen molar-refractivity contribution in [1.29, 1.82) is 0 Å². The predicted molar refractivity (Wildman–Crippen MR) is 64.1 cm³/mol. The molecule has 0 aliphatic heterocycles. The molecule has 0 aromatic rings. The zero-order chi connectivity index (χ0) is 13.5. The Labute approximate surface area is 100 Å². The van der Waals surface area contributed by atoms with E-state index in [4.69, 9.17) is 14.7 Å². The quantitative estimate of drug-likeness (QED) is 0.385. The lowest BCUT2D eigenvalue weighted by molar-refractivity contribution is -0.120. The SMILES string of the molecule is CP(=O)(O)CCCCCC(=O)NCP(=O)(O)O. The van der Waals surface area contributed by atoms with Crippen molar-refractivity contribution in [2.45, 2.75) is 25.7 Å². The highest BCUT2D eigenvalue weighted by Gasteiger charge is 2.14. The highest BCUT2D eigenvalue weighted by Crippen LogP contribution is 2.36. The normalized spacial score (nSPS) is 15.3. The van der Waals surface area contributed by atoms with E-state index < -0.39 is 27.2 Å². The number of carbonyl (C=O) groups is 1. The number of carbonyl (C=O) groups excluding carboxylic acids is 1. The monoisotopic (exact) mass is 287 g/mol. The molecule has 17 heavy (non-hydrogen) atoms. The van der Waals surface area contributed by atoms with Gasteiger partial charge in [-0.25, -0.2) is 0 Å². The summed E-state index contributed by atoms with van der Waals surface area (Å²) >= 11 is 0. The molecular formula is C8H19NO6P2. The highest BCUT2D eigenvalue weighted by molar-refractivity contribution is 7.57. The Morgan fingerprint density at radius 1 is 1.12 bits per heavy atom. The van der Waals surface area contributed by atoms with Gasteiger partial charge in [0.25, 0.3) is 0 Å². The summed E-state index contributed by atoms with van der Waals surface area (Å²) in [6, 6.07) is 0. The topological polar surface area (TPSA) is 124 Å². The number of amides is 1. The molecule has 9 heteroatoms. The third-order valence-electron chi connectivity index (χ3n) is 1.96. The van der Waals surface area contributed by atoms with Crippen molar-refractivity contribution in [2.75, 3.05) is 19.1 Å². The van der Waals surface area contributed by atoms with Gasteiger partial charge in [-0.1, -0.05) is 6.42 Å². The van der Waals surface area contributed by atoms with Crippen molar-refractivity contribution in [1.82, 2.24) is 5.32 Å². The second-order valence-electron chi connectivity index (χ2n) is 4.01. The maximum Gasteiger partial charge on any atom is 0.344 e. The number of hydrogen-bond acceptors (Lipinski definition) is 3. The summed E-state index contributed by atoms with van der Waals surface area (Å²) in [6.45, 7) is 1.29. The summed E-state index contributed by atoms with van der Waals surface area (Å²) in [7, 11) is -7.16. The maximum atomic E-state index is 11.1. The fraction of sp³-hybridized carbons (Fsp3) is 0.875. The van der Waals surface area contributed by atoms with Gasteiger partial charge in [0.2, 0.25) is 5.91 Å². The molecule has 0 bridgehead atoms. The van der Waals surface area contributed by atoms with Gasteiger partial charge in [0.1, 0.15) is 6.29 Å². The Balaban J connectivity index is 3.53. The summed E-state index contributed by atoms with van der Waals surface area (Å²) < 4.78 is 21.4. The summed E-state index contributed by atoms with van der Waals surface area (Å²) in [5.74, 6) is -0.419. The van der Waals surface area contributed by atoms with Crippen molar-refractivity contribution in [3.8, 4) is 0 Å². The average molecular weight is 287 g/mol. The smallest absolute Gasteiger partial charge is 0.344 e. The van der Waals surface area contributed by atoms with Gasteiger partial charge in [-0.2, -0.15) is 0 Å². The molecule has 0 radical (unpaired) electrons. The van der Waals surface area contributed by atoms with Crippen molar-refractivity contribution < 1.29 is 28.6 Å². The van der Waals surface area contributed by atoms with Crippen molar-refractivity contribution in [3.63, 3.8) is 0 Å². The summed E-state index contributed by atoms with van der Waals surface area (Å²) in [5, 5.41) is 2.12. The van der Waals surface area contributed by atoms with Crippen LogP contribution in [-0.2, 0) is 13.9 Å². The molecule has 7 nitrogen and oxygen atoms in total. The summed E-state index contributed by atoms with van der Waals surface area (Å²) in [4.78, 5) is 37.1. The van der Waals surface area contributed by atoms with E-state index in [1.54, 1.807) is 0 Å². The van der Waals surface area contributed by atoms with E-state index in [0.29, 0.717) is 19.3 Å². The lowest BCUT2D eigenvalue weighted by Crippen LogP contribution is -2.23. The predicted octanol–water partition coefficient (Wildman–Crippen LogP) is 0.698. The van der Waals surface area contributed by atoms with E-state index in [1.165, 1.54) is 6.66 Å². The third kappa shape index (κ3) is 13.7. The molecule has 0 saturated carbocycles. The molecule has 0 rings (SSSR count). The molecule has 0 saturated heterocycles. The molecule has 4 N–H and O–H groups in total. The Morgan fingerprint density at radius 3 is 2.18 bits per heavy atom. The van der Waals surface area contributed by atoms with Crippen LogP contribution in [0.5, 0.6) is 0 Å². The van der Waals surface area contributed by atoms with E-state index in [0.717, 1.165) is 0 Å². The second kappa shape index (κ2) is 7.29. The van der Waals surface area contributed by atoms with Gasteiger partial charge >= 0.3 is 7.60 Å². The van der Waals surface area contributed by atoms with Crippen LogP contribution in [0, 0.1) is 0 Å². The standard InChI is InChI=1S/C8H19NO6P2/c1-16(11,12)6-4-2-3-5-8(10)9-7-17(13,14)15/h2-7H2,1H3,(H,9,10)(H,11,12)(H2,13,14,15). The average Bonchev–Trinajstić information content (AvgIpc) is 2.11. The van der Waals surface area contributed by atoms with Crippen LogP contribution in [0.25, 0.3) is 0 Å². The molecule has 0 fully saturated rings. The van der Waals surface area contributed by atoms with Crippen LogP contribution in [0.15, 0.2) is 0 Å². The van der Waals surface area contributed by atoms with Gasteiger partial charge in [0.05, 0.1) is 0 Å². The van der Waals surface area contributed by atoms with Gasteiger partial charge in [0, 0.05) is 19.2 Å². The van der Waals surface area contributed by atoms with Crippen LogP contribution in [0.1, 0.15) is 25.7 Å². The Hall–Kier alpha value is -0.190. The summed E-state index contributed by atoms with van der Waals surface area (Å²) in [5.41, 5.74) is 0. The molecule has 0 heterocycles. The first-order valence-corrected chi connectivity index (χ1v) is 9.30. The minimum Gasteiger partial charge on any atom is -0.344 e. The zero-order valence-corrected chi connectivity index (χ0v) is 11.5. The minimum atomic E-state index is -4.19. The maximum absolute atomic E-state index is 11.1. The minimum absolute atomic E-state index is 0.166. The first-order valence-electron chi connectivity index (χ1n) is 5.21. The van der Waals surface area contributed by atoms with Gasteiger partial charge < -0.3 is 20.0 Å². The number of nitrogens with one attached hydrogen (secondary N) is 1. The van der Waals surface area contributed by atoms with E-state index in [9.17, 15) is 13.9 Å². The van der Waals surface area contributed by atoms with Gasteiger partial charge in [-0.3, -0.25) is 13.9 Å². The molecule has 0 aromatic carbocycles. The molecular weight excluding hydrogens is 268 g/mol. The second-order valence-corrected chi connectivity index (χ2v) is 8.20. The van der Waals surface area contributed by atoms with Crippen LogP contribution < -0.4 is 5.32 Å². The van der Waals surface area contributed by atoms with Crippen LogP contribution in [-0.4, -0.2) is 39.7 Å². The third-order valence-corrected chi connectivity index (χ3v) is 3.68. The lowest BCUT2D eigenvalue weighted by Gasteiger charge is -2.07. The molecule has 1 amide bonds. The summed E-state index contributed by atoms with van der Waals surface area (Å²) in [6.07, 6.45) is 1.49. The van der Waals surface area contributed by atoms with Crippen LogP contribution in [0.2, 0.25) is 0 Å². The van der Waals surface area contributed by atoms with Gasteiger partial charge in [-0.05, 0) is 12.8 Å². The van der Waals surface area contributed by atoms with Crippen molar-refractivity contribution >= 4 is 20.9 Å². The highest BCUT2D eigenvalue weighted by atomic mass is 31.2. The first-order chi connectivity index (χ1) is 7.60. The van der Waals surface area contributed by atoms with Crippen LogP contribution >= 0.6 is 15.0 Å². The van der Waals surface area contributed by atoms with E-state index in [2.05, 4.69) is 5.32 Å². The van der Waals surface area contributed by atoms with Crippen LogP contribution in [0.4, 0.5) is 0 Å². The molecule has 1 atom stereocenters. The Bertz CT molecular complexity index is 333. The molecule has 0 aliphatic rings. The number of unbranched alkanes of at least 4 members (excludes halogenated alkanes) is 2. The Kier molecular flexibility index (Phi) is 7.21. The number of hydrogen-bond donors (Lipinski definition) is 4. The van der Waals surface area contributed by atoms with E-state index in [-0.39, 0.29) is 12.6 Å². The van der Waals surface area contributed by atoms with Gasteiger partial charge in [0.15, 0.2) is 7.37 Å². The van der Waals surface area contributed by atoms with E-state index >= 15 is 0 Å². The Morgan fingerprint density at radius 2 is 1.71 bits per heavy atom. The van der Waals surface area contributed by atoms with Crippen molar-refractivity contribution in [2.24, 2.45) is 0 Å². The van der Waals surface area contributed by atoms with Crippen molar-refractivity contribution in [3.05, 3.63) is 0 Å². The fourth-order valence-corrected chi connectivity index (χ4v) is 2.34. The first kappa shape index (κ1) is 16.8. The molecule has 0 aliphatic carbocycles. The molecule has 0 aromatic heterocycles. The molecule has 0 spiro atoms. The lowest BCUT2D eigenvalue weighted by atomic mass is 10.2. The van der Waals surface area contributed by atoms with Gasteiger partial charge in [-0.15, -0.1) is 0 Å². The number of rotatable bonds is 8. The van der Waals surface area contributed by atoms with E-state index in [1.807, 2.05) is 0 Å².